The van der Waals surface area contributed by atoms with Gasteiger partial charge in [-0.15, -0.1) is 0 Å². The van der Waals surface area contributed by atoms with Crippen LogP contribution in [0.4, 0.5) is 0 Å². The molecule has 2 N–H and O–H groups in total. The molecular weight excluding hydrogens is 238 g/mol. The predicted molar refractivity (Wildman–Crippen MR) is 75.8 cm³/mol. The Balaban J connectivity index is 2.08. The predicted octanol–water partition coefficient (Wildman–Crippen LogP) is 3.14. The average molecular weight is 261 g/mol. The maximum absolute atomic E-state index is 6.17. The zero-order valence-electron chi connectivity index (χ0n) is 11.7. The fourth-order valence-corrected chi connectivity index (χ4v) is 3.69. The molecule has 19 heavy (non-hydrogen) atoms. The van der Waals surface area contributed by atoms with E-state index in [9.17, 15) is 0 Å². The van der Waals surface area contributed by atoms with Gasteiger partial charge in [0.1, 0.15) is 0 Å². The second-order valence-electron chi connectivity index (χ2n) is 5.72. The van der Waals surface area contributed by atoms with Crippen molar-refractivity contribution >= 4 is 0 Å². The molecule has 1 heterocycles. The molecule has 1 saturated carbocycles. The first-order chi connectivity index (χ1) is 9.30. The fourth-order valence-electron chi connectivity index (χ4n) is 3.69. The number of rotatable bonds is 3. The fraction of sp³-hybridized carbons (Fsp3) is 0.625. The van der Waals surface area contributed by atoms with E-state index in [0.29, 0.717) is 6.79 Å². The Morgan fingerprint density at radius 1 is 1.16 bits per heavy atom. The van der Waals surface area contributed by atoms with Gasteiger partial charge in [-0.2, -0.15) is 0 Å². The average Bonchev–Trinajstić information content (AvgIpc) is 2.95. The molecule has 2 aliphatic rings. The monoisotopic (exact) mass is 261 g/mol. The van der Waals surface area contributed by atoms with Crippen LogP contribution in [0.5, 0.6) is 11.5 Å². The summed E-state index contributed by atoms with van der Waals surface area (Å²) in [4.78, 5) is 0. The second-order valence-corrected chi connectivity index (χ2v) is 5.72. The Hall–Kier alpha value is -1.22. The highest BCUT2D eigenvalue weighted by Gasteiger charge is 2.36. The Morgan fingerprint density at radius 2 is 1.95 bits per heavy atom. The third-order valence-electron chi connectivity index (χ3n) is 4.77. The number of fused-ring (bicyclic) bond motifs is 1. The minimum Gasteiger partial charge on any atom is -0.454 e. The Bertz CT molecular complexity index is 464. The number of hydrogen-bond donors (Lipinski definition) is 1. The molecule has 0 amide bonds. The van der Waals surface area contributed by atoms with Crippen LogP contribution in [0, 0.1) is 0 Å². The molecule has 0 atom stereocenters. The van der Waals surface area contributed by atoms with Crippen molar-refractivity contribution in [3.63, 3.8) is 0 Å². The molecule has 0 aromatic heterocycles. The largest absolute Gasteiger partial charge is 0.454 e. The van der Waals surface area contributed by atoms with Gasteiger partial charge in [-0.25, -0.2) is 0 Å². The topological polar surface area (TPSA) is 44.5 Å². The van der Waals surface area contributed by atoms with Crippen LogP contribution in [0.2, 0.25) is 0 Å². The van der Waals surface area contributed by atoms with Crippen LogP contribution in [0.1, 0.15) is 50.2 Å². The van der Waals surface area contributed by atoms with Crippen LogP contribution in [0.3, 0.4) is 0 Å². The van der Waals surface area contributed by atoms with Crippen molar-refractivity contribution < 1.29 is 9.47 Å². The smallest absolute Gasteiger partial charge is 0.231 e. The minimum atomic E-state index is 0.157. The highest BCUT2D eigenvalue weighted by Crippen LogP contribution is 2.46. The summed E-state index contributed by atoms with van der Waals surface area (Å²) in [5, 5.41) is 0. The van der Waals surface area contributed by atoms with Crippen molar-refractivity contribution in [2.75, 3.05) is 13.3 Å². The molecule has 1 aliphatic heterocycles. The third kappa shape index (κ3) is 2.00. The van der Waals surface area contributed by atoms with E-state index in [-0.39, 0.29) is 5.41 Å². The van der Waals surface area contributed by atoms with Crippen LogP contribution in [-0.2, 0) is 11.8 Å². The normalized spacial score (nSPS) is 20.5. The van der Waals surface area contributed by atoms with Crippen molar-refractivity contribution in [3.8, 4) is 11.5 Å². The molecule has 0 radical (unpaired) electrons. The van der Waals surface area contributed by atoms with E-state index in [4.69, 9.17) is 15.2 Å². The number of benzene rings is 1. The molecule has 0 spiro atoms. The summed E-state index contributed by atoms with van der Waals surface area (Å²) in [5.41, 5.74) is 9.04. The molecule has 3 heteroatoms. The molecule has 1 aromatic carbocycles. The van der Waals surface area contributed by atoms with E-state index in [2.05, 4.69) is 19.1 Å². The second kappa shape index (κ2) is 5.04. The quantitative estimate of drug-likeness (QED) is 0.909. The van der Waals surface area contributed by atoms with Gasteiger partial charge in [0.05, 0.1) is 0 Å². The summed E-state index contributed by atoms with van der Waals surface area (Å²) in [7, 11) is 0. The minimum absolute atomic E-state index is 0.157. The zero-order chi connectivity index (χ0) is 13.3. The van der Waals surface area contributed by atoms with E-state index >= 15 is 0 Å². The van der Waals surface area contributed by atoms with Gasteiger partial charge in [0, 0.05) is 17.5 Å². The maximum atomic E-state index is 6.17. The van der Waals surface area contributed by atoms with Gasteiger partial charge < -0.3 is 15.2 Å². The highest BCUT2D eigenvalue weighted by atomic mass is 16.7. The number of hydrogen-bond acceptors (Lipinski definition) is 3. The molecule has 0 saturated heterocycles. The zero-order valence-corrected chi connectivity index (χ0v) is 11.7. The van der Waals surface area contributed by atoms with Gasteiger partial charge in [-0.3, -0.25) is 0 Å². The molecular formula is C16H23NO2. The summed E-state index contributed by atoms with van der Waals surface area (Å²) < 4.78 is 11.2. The Kier molecular flexibility index (Phi) is 3.40. The van der Waals surface area contributed by atoms with Gasteiger partial charge in [0.15, 0.2) is 11.5 Å². The standard InChI is InChI=1S/C16H23NO2/c1-2-12-13(6-7-14-15(12)19-11-18-14)16(10-17)8-4-3-5-9-16/h6-7H,2-5,8-11,17H2,1H3. The summed E-state index contributed by atoms with van der Waals surface area (Å²) in [6.45, 7) is 3.27. The van der Waals surface area contributed by atoms with E-state index < -0.39 is 0 Å². The van der Waals surface area contributed by atoms with Gasteiger partial charge >= 0.3 is 0 Å². The summed E-state index contributed by atoms with van der Waals surface area (Å²) in [6, 6.07) is 4.29. The van der Waals surface area contributed by atoms with Crippen LogP contribution in [0.15, 0.2) is 12.1 Å². The van der Waals surface area contributed by atoms with E-state index in [1.54, 1.807) is 0 Å². The third-order valence-corrected chi connectivity index (χ3v) is 4.77. The lowest BCUT2D eigenvalue weighted by molar-refractivity contribution is 0.173. The molecule has 3 nitrogen and oxygen atoms in total. The summed E-state index contributed by atoms with van der Waals surface area (Å²) in [6.07, 6.45) is 7.30. The Labute approximate surface area is 115 Å². The van der Waals surface area contributed by atoms with E-state index in [0.717, 1.165) is 24.5 Å². The maximum Gasteiger partial charge on any atom is 0.231 e. The lowest BCUT2D eigenvalue weighted by atomic mass is 9.68. The molecule has 1 aliphatic carbocycles. The molecule has 0 bridgehead atoms. The lowest BCUT2D eigenvalue weighted by Gasteiger charge is -2.38. The van der Waals surface area contributed by atoms with Crippen LogP contribution in [-0.4, -0.2) is 13.3 Å². The first kappa shape index (κ1) is 12.8. The van der Waals surface area contributed by atoms with Crippen molar-refractivity contribution in [1.82, 2.24) is 0 Å². The molecule has 1 aromatic rings. The first-order valence-electron chi connectivity index (χ1n) is 7.43. The number of ether oxygens (including phenoxy) is 2. The van der Waals surface area contributed by atoms with Crippen molar-refractivity contribution in [2.45, 2.75) is 50.9 Å². The van der Waals surface area contributed by atoms with Crippen LogP contribution < -0.4 is 15.2 Å². The number of nitrogens with two attached hydrogens (primary N) is 1. The van der Waals surface area contributed by atoms with Gasteiger partial charge in [0.2, 0.25) is 6.79 Å². The summed E-state index contributed by atoms with van der Waals surface area (Å²) in [5.74, 6) is 1.85. The van der Waals surface area contributed by atoms with E-state index in [1.165, 1.54) is 43.2 Å². The van der Waals surface area contributed by atoms with Gasteiger partial charge in [0.25, 0.3) is 0 Å². The van der Waals surface area contributed by atoms with E-state index in [1.807, 2.05) is 0 Å². The Morgan fingerprint density at radius 3 is 2.63 bits per heavy atom. The molecule has 3 rings (SSSR count). The van der Waals surface area contributed by atoms with Gasteiger partial charge in [-0.1, -0.05) is 32.3 Å². The highest BCUT2D eigenvalue weighted by molar-refractivity contribution is 5.54. The van der Waals surface area contributed by atoms with Crippen LogP contribution >= 0.6 is 0 Å². The van der Waals surface area contributed by atoms with Crippen LogP contribution in [0.25, 0.3) is 0 Å². The van der Waals surface area contributed by atoms with Crippen molar-refractivity contribution in [2.24, 2.45) is 5.73 Å². The molecule has 104 valence electrons. The molecule has 0 unspecified atom stereocenters. The van der Waals surface area contributed by atoms with Crippen molar-refractivity contribution in [3.05, 3.63) is 23.3 Å². The first-order valence-corrected chi connectivity index (χ1v) is 7.43. The lowest BCUT2D eigenvalue weighted by Crippen LogP contribution is -2.38. The SMILES string of the molecule is CCc1c(C2(CN)CCCCC2)ccc2c1OCO2. The summed E-state index contributed by atoms with van der Waals surface area (Å²) >= 11 is 0. The molecule has 1 fully saturated rings. The van der Waals surface area contributed by atoms with Gasteiger partial charge in [-0.05, 0) is 30.9 Å². The van der Waals surface area contributed by atoms with Crippen molar-refractivity contribution in [1.29, 1.82) is 0 Å².